The Morgan fingerprint density at radius 3 is 2.15 bits per heavy atom. The number of benzene rings is 2. The van der Waals surface area contributed by atoms with E-state index in [4.69, 9.17) is 0 Å². The third-order valence-corrected chi connectivity index (χ3v) is 6.08. The Bertz CT molecular complexity index is 1370. The molecule has 1 aliphatic rings. The van der Waals surface area contributed by atoms with Crippen molar-refractivity contribution < 1.29 is 19.2 Å². The van der Waals surface area contributed by atoms with E-state index in [9.17, 15) is 14.4 Å². The van der Waals surface area contributed by atoms with Crippen LogP contribution >= 0.6 is 0 Å². The lowest BCUT2D eigenvalue weighted by atomic mass is 9.84. The van der Waals surface area contributed by atoms with E-state index in [2.05, 4.69) is 21.5 Å². The van der Waals surface area contributed by atoms with Gasteiger partial charge in [-0.3, -0.25) is 9.59 Å². The Morgan fingerprint density at radius 1 is 0.939 bits per heavy atom. The van der Waals surface area contributed by atoms with Gasteiger partial charge in [-0.15, -0.1) is 0 Å². The van der Waals surface area contributed by atoms with Crippen molar-refractivity contribution in [1.29, 1.82) is 0 Å². The van der Waals surface area contributed by atoms with Crippen molar-refractivity contribution in [2.75, 3.05) is 0 Å². The molecule has 1 aliphatic carbocycles. The molecule has 0 N–H and O–H groups in total. The summed E-state index contributed by atoms with van der Waals surface area (Å²) >= 11 is 0. The molecule has 33 heavy (non-hydrogen) atoms. The van der Waals surface area contributed by atoms with Gasteiger partial charge in [0.05, 0.1) is 0 Å². The zero-order valence-corrected chi connectivity index (χ0v) is 19.2. The maximum atomic E-state index is 13.3. The van der Waals surface area contributed by atoms with Gasteiger partial charge in [-0.2, -0.15) is 0 Å². The number of hydrogen-bond acceptors (Lipinski definition) is 5. The monoisotopic (exact) mass is 442 g/mol. The van der Waals surface area contributed by atoms with E-state index in [-0.39, 0.29) is 29.1 Å². The topological polar surface area (TPSA) is 77.7 Å². The molecule has 1 aromatic heterocycles. The third-order valence-electron chi connectivity index (χ3n) is 6.08. The normalized spacial score (nSPS) is 18.1. The molecule has 0 bridgehead atoms. The number of rotatable bonds is 6. The molecule has 0 fully saturated rings. The first-order valence-electron chi connectivity index (χ1n) is 11.0. The van der Waals surface area contributed by atoms with E-state index in [1.165, 1.54) is 13.8 Å². The van der Waals surface area contributed by atoms with Gasteiger partial charge in [-0.05, 0) is 56.2 Å². The summed E-state index contributed by atoms with van der Waals surface area (Å²) in [6.07, 6.45) is 7.88. The fourth-order valence-electron chi connectivity index (χ4n) is 4.36. The minimum absolute atomic E-state index is 0.0824. The van der Waals surface area contributed by atoms with Crippen LogP contribution in [0.4, 0.5) is 0 Å². The summed E-state index contributed by atoms with van der Waals surface area (Å²) in [6, 6.07) is 11.3. The predicted molar refractivity (Wildman–Crippen MR) is 130 cm³/mol. The molecule has 2 aromatic carbocycles. The molecule has 0 saturated carbocycles. The first-order chi connectivity index (χ1) is 15.8. The first kappa shape index (κ1) is 22.4. The molecule has 2 atom stereocenters. The SMILES string of the molecule is CCn1c2ccc(C(=O)/C(C)=N\OC(C)=O)cc2c2cc(C(=O)C3C=CC=CC3C)ccc21. The number of fused-ring (bicyclic) bond motifs is 3. The highest BCUT2D eigenvalue weighted by atomic mass is 16.7. The van der Waals surface area contributed by atoms with E-state index in [1.807, 2.05) is 61.6 Å². The van der Waals surface area contributed by atoms with Crippen LogP contribution in [0.5, 0.6) is 0 Å². The van der Waals surface area contributed by atoms with Crippen LogP contribution in [0.2, 0.25) is 0 Å². The number of hydrogen-bond donors (Lipinski definition) is 0. The van der Waals surface area contributed by atoms with E-state index >= 15 is 0 Å². The Balaban J connectivity index is 1.81. The molecular weight excluding hydrogens is 416 g/mol. The van der Waals surface area contributed by atoms with Crippen molar-refractivity contribution in [2.24, 2.45) is 17.0 Å². The molecule has 6 nitrogen and oxygen atoms in total. The van der Waals surface area contributed by atoms with Crippen LogP contribution < -0.4 is 0 Å². The quantitative estimate of drug-likeness (QED) is 0.219. The smallest absolute Gasteiger partial charge is 0.331 e. The van der Waals surface area contributed by atoms with Gasteiger partial charge in [0.15, 0.2) is 5.78 Å². The standard InChI is InChI=1S/C27H26N2O4/c1-5-29-24-12-10-19(26(31)17(3)28-33-18(4)30)14-22(24)23-15-20(11-13-25(23)29)27(32)21-9-7-6-8-16(21)2/h6-16,21H,5H2,1-4H3/b28-17-. The van der Waals surface area contributed by atoms with Crippen molar-refractivity contribution >= 4 is 45.1 Å². The molecule has 6 heteroatoms. The van der Waals surface area contributed by atoms with Crippen LogP contribution in [0.3, 0.4) is 0 Å². The van der Waals surface area contributed by atoms with Gasteiger partial charge >= 0.3 is 5.97 Å². The van der Waals surface area contributed by atoms with E-state index in [0.717, 1.165) is 28.4 Å². The van der Waals surface area contributed by atoms with Crippen molar-refractivity contribution in [2.45, 2.75) is 34.2 Å². The van der Waals surface area contributed by atoms with Crippen LogP contribution in [-0.4, -0.2) is 27.8 Å². The second-order valence-corrected chi connectivity index (χ2v) is 8.32. The maximum Gasteiger partial charge on any atom is 0.331 e. The van der Waals surface area contributed by atoms with Gasteiger partial charge in [0, 0.05) is 52.3 Å². The van der Waals surface area contributed by atoms with E-state index < -0.39 is 5.97 Å². The second-order valence-electron chi connectivity index (χ2n) is 8.32. The predicted octanol–water partition coefficient (Wildman–Crippen LogP) is 5.50. The summed E-state index contributed by atoms with van der Waals surface area (Å²) in [5.41, 5.74) is 3.17. The maximum absolute atomic E-state index is 13.3. The molecule has 168 valence electrons. The zero-order valence-electron chi connectivity index (χ0n) is 19.2. The number of carbonyl (C=O) groups is 3. The molecule has 2 unspecified atom stereocenters. The minimum atomic E-state index is -0.585. The summed E-state index contributed by atoms with van der Waals surface area (Å²) in [5.74, 6) is -0.878. The molecule has 0 spiro atoms. The van der Waals surface area contributed by atoms with Gasteiger partial charge < -0.3 is 9.40 Å². The van der Waals surface area contributed by atoms with Crippen LogP contribution in [0.25, 0.3) is 21.8 Å². The lowest BCUT2D eigenvalue weighted by molar-refractivity contribution is -0.140. The average molecular weight is 443 g/mol. The number of ketones is 2. The molecular formula is C27H26N2O4. The molecule has 1 heterocycles. The van der Waals surface area contributed by atoms with Crippen LogP contribution in [-0.2, 0) is 16.2 Å². The van der Waals surface area contributed by atoms with Crippen molar-refractivity contribution in [3.63, 3.8) is 0 Å². The molecule has 0 saturated heterocycles. The highest BCUT2D eigenvalue weighted by molar-refractivity contribution is 6.45. The van der Waals surface area contributed by atoms with E-state index in [0.29, 0.717) is 11.1 Å². The third kappa shape index (κ3) is 4.16. The minimum Gasteiger partial charge on any atom is -0.341 e. The number of aryl methyl sites for hydroxylation is 1. The van der Waals surface area contributed by atoms with Gasteiger partial charge in [0.2, 0.25) is 5.78 Å². The number of nitrogens with zero attached hydrogens (tertiary/aromatic N) is 2. The number of oxime groups is 1. The van der Waals surface area contributed by atoms with Crippen molar-refractivity contribution in [1.82, 2.24) is 4.57 Å². The number of carbonyl (C=O) groups excluding carboxylic acids is 3. The highest BCUT2D eigenvalue weighted by Crippen LogP contribution is 2.32. The lowest BCUT2D eigenvalue weighted by Gasteiger charge is -2.19. The zero-order chi connectivity index (χ0) is 23.7. The van der Waals surface area contributed by atoms with Crippen molar-refractivity contribution in [3.05, 3.63) is 71.8 Å². The summed E-state index contributed by atoms with van der Waals surface area (Å²) in [5, 5.41) is 5.43. The number of allylic oxidation sites excluding steroid dienone is 4. The summed E-state index contributed by atoms with van der Waals surface area (Å²) in [4.78, 5) is 41.7. The van der Waals surface area contributed by atoms with Crippen molar-refractivity contribution in [3.8, 4) is 0 Å². The van der Waals surface area contributed by atoms with Gasteiger partial charge in [0.25, 0.3) is 0 Å². The molecule has 0 radical (unpaired) electrons. The largest absolute Gasteiger partial charge is 0.341 e. The second kappa shape index (κ2) is 8.98. The number of Topliss-reactive ketones (excluding diaryl/α,β-unsaturated/α-hetero) is 2. The average Bonchev–Trinajstić information content (AvgIpc) is 3.14. The summed E-state index contributed by atoms with van der Waals surface area (Å²) in [6.45, 7) is 7.59. The molecule has 3 aromatic rings. The Hall–Kier alpha value is -3.80. The summed E-state index contributed by atoms with van der Waals surface area (Å²) in [7, 11) is 0. The number of aromatic nitrogens is 1. The van der Waals surface area contributed by atoms with Gasteiger partial charge in [-0.1, -0.05) is 36.4 Å². The fourth-order valence-corrected chi connectivity index (χ4v) is 4.36. The van der Waals surface area contributed by atoms with Gasteiger partial charge in [0.1, 0.15) is 5.71 Å². The molecule has 0 amide bonds. The van der Waals surface area contributed by atoms with Crippen LogP contribution in [0, 0.1) is 11.8 Å². The van der Waals surface area contributed by atoms with Crippen LogP contribution in [0.15, 0.2) is 65.9 Å². The highest BCUT2D eigenvalue weighted by Gasteiger charge is 2.24. The fraction of sp³-hybridized carbons (Fsp3) is 0.259. The lowest BCUT2D eigenvalue weighted by Crippen LogP contribution is -2.20. The Morgan fingerprint density at radius 2 is 1.55 bits per heavy atom. The Kier molecular flexibility index (Phi) is 6.09. The van der Waals surface area contributed by atoms with Gasteiger partial charge in [-0.25, -0.2) is 4.79 Å². The molecule has 0 aliphatic heterocycles. The summed E-state index contributed by atoms with van der Waals surface area (Å²) < 4.78 is 2.17. The van der Waals surface area contributed by atoms with Crippen LogP contribution in [0.1, 0.15) is 48.4 Å². The Labute approximate surface area is 192 Å². The van der Waals surface area contributed by atoms with E-state index in [1.54, 1.807) is 6.07 Å². The first-order valence-corrected chi connectivity index (χ1v) is 11.0. The molecule has 4 rings (SSSR count).